The van der Waals surface area contributed by atoms with Gasteiger partial charge in [0.2, 0.25) is 0 Å². The highest BCUT2D eigenvalue weighted by atomic mass is 16.3. The molecule has 0 aliphatic heterocycles. The lowest BCUT2D eigenvalue weighted by Gasteiger charge is -2.02. The van der Waals surface area contributed by atoms with Crippen molar-refractivity contribution in [1.82, 2.24) is 9.97 Å². The second-order valence-corrected chi connectivity index (χ2v) is 3.11. The number of hydrogen-bond acceptors (Lipinski definition) is 4. The maximum absolute atomic E-state index is 9.33. The van der Waals surface area contributed by atoms with Gasteiger partial charge in [0.05, 0.1) is 12.2 Å². The molecular weight excluding hydrogens is 190 g/mol. The molecule has 0 saturated heterocycles. The first kappa shape index (κ1) is 9.61. The molecule has 0 unspecified atom stereocenters. The van der Waals surface area contributed by atoms with Crippen LogP contribution >= 0.6 is 0 Å². The van der Waals surface area contributed by atoms with Crippen molar-refractivity contribution >= 4 is 0 Å². The van der Waals surface area contributed by atoms with Gasteiger partial charge in [0.15, 0.2) is 0 Å². The fourth-order valence-electron chi connectivity index (χ4n) is 1.32. The van der Waals surface area contributed by atoms with E-state index in [2.05, 4.69) is 9.97 Å². The van der Waals surface area contributed by atoms with Gasteiger partial charge in [-0.1, -0.05) is 12.1 Å². The molecule has 0 saturated carbocycles. The Kier molecular flexibility index (Phi) is 2.60. The van der Waals surface area contributed by atoms with Crippen molar-refractivity contribution in [2.75, 3.05) is 0 Å². The fourth-order valence-corrected chi connectivity index (χ4v) is 1.32. The Morgan fingerprint density at radius 1 is 1.27 bits per heavy atom. The van der Waals surface area contributed by atoms with Crippen LogP contribution in [-0.4, -0.2) is 15.1 Å². The van der Waals surface area contributed by atoms with E-state index >= 15 is 0 Å². The van der Waals surface area contributed by atoms with Gasteiger partial charge in [-0.05, 0) is 18.2 Å². The highest BCUT2D eigenvalue weighted by molar-refractivity contribution is 5.60. The first-order valence-electron chi connectivity index (χ1n) is 4.61. The van der Waals surface area contributed by atoms with E-state index in [1.165, 1.54) is 0 Å². The van der Waals surface area contributed by atoms with Crippen LogP contribution in [0.3, 0.4) is 0 Å². The summed E-state index contributed by atoms with van der Waals surface area (Å²) in [5.41, 5.74) is 7.07. The summed E-state index contributed by atoms with van der Waals surface area (Å²) >= 11 is 0. The Bertz CT molecular complexity index is 471. The molecule has 0 radical (unpaired) electrons. The topological polar surface area (TPSA) is 72.0 Å². The van der Waals surface area contributed by atoms with Crippen LogP contribution in [-0.2, 0) is 6.54 Å². The van der Waals surface area contributed by atoms with E-state index in [1.54, 1.807) is 30.5 Å². The maximum Gasteiger partial charge on any atom is 0.142 e. The van der Waals surface area contributed by atoms with Crippen LogP contribution in [0.25, 0.3) is 11.3 Å². The van der Waals surface area contributed by atoms with E-state index in [-0.39, 0.29) is 5.75 Å². The lowest BCUT2D eigenvalue weighted by Crippen LogP contribution is -2.02. The normalized spacial score (nSPS) is 10.2. The molecule has 0 amide bonds. The maximum atomic E-state index is 9.33. The Morgan fingerprint density at radius 3 is 2.87 bits per heavy atom. The van der Waals surface area contributed by atoms with Crippen LogP contribution < -0.4 is 5.73 Å². The summed E-state index contributed by atoms with van der Waals surface area (Å²) in [5, 5.41) is 9.33. The van der Waals surface area contributed by atoms with Gasteiger partial charge in [-0.15, -0.1) is 0 Å². The van der Waals surface area contributed by atoms with Gasteiger partial charge >= 0.3 is 0 Å². The largest absolute Gasteiger partial charge is 0.508 e. The highest BCUT2D eigenvalue weighted by Crippen LogP contribution is 2.20. The Balaban J connectivity index is 2.44. The predicted molar refractivity (Wildman–Crippen MR) is 57.0 cm³/mol. The third-order valence-corrected chi connectivity index (χ3v) is 2.03. The third kappa shape index (κ3) is 2.11. The summed E-state index contributed by atoms with van der Waals surface area (Å²) in [5.74, 6) is 0.816. The van der Waals surface area contributed by atoms with Crippen molar-refractivity contribution in [3.63, 3.8) is 0 Å². The van der Waals surface area contributed by atoms with Gasteiger partial charge in [0.1, 0.15) is 11.6 Å². The molecule has 4 heteroatoms. The molecule has 0 bridgehead atoms. The quantitative estimate of drug-likeness (QED) is 0.768. The Hall–Kier alpha value is -1.94. The predicted octanol–water partition coefficient (Wildman–Crippen LogP) is 1.31. The fraction of sp³-hybridized carbons (Fsp3) is 0.0909. The monoisotopic (exact) mass is 201 g/mol. The van der Waals surface area contributed by atoms with Crippen molar-refractivity contribution in [3.8, 4) is 17.0 Å². The van der Waals surface area contributed by atoms with Crippen LogP contribution in [0.2, 0.25) is 0 Å². The Morgan fingerprint density at radius 2 is 2.13 bits per heavy atom. The van der Waals surface area contributed by atoms with Crippen molar-refractivity contribution in [2.45, 2.75) is 6.54 Å². The molecule has 0 atom stereocenters. The molecule has 0 aliphatic rings. The molecule has 0 aliphatic carbocycles. The van der Waals surface area contributed by atoms with Gasteiger partial charge in [-0.25, -0.2) is 9.97 Å². The minimum absolute atomic E-state index is 0.223. The summed E-state index contributed by atoms with van der Waals surface area (Å²) in [6, 6.07) is 8.71. The summed E-state index contributed by atoms with van der Waals surface area (Å²) in [6.07, 6.45) is 1.66. The molecule has 2 rings (SSSR count). The second-order valence-electron chi connectivity index (χ2n) is 3.11. The van der Waals surface area contributed by atoms with Crippen LogP contribution in [0.15, 0.2) is 36.5 Å². The third-order valence-electron chi connectivity index (χ3n) is 2.03. The molecule has 1 aromatic carbocycles. The summed E-state index contributed by atoms with van der Waals surface area (Å²) in [7, 11) is 0. The Labute approximate surface area is 87.4 Å². The minimum atomic E-state index is 0.223. The highest BCUT2D eigenvalue weighted by Gasteiger charge is 2.01. The van der Waals surface area contributed by atoms with E-state index in [1.807, 2.05) is 6.07 Å². The van der Waals surface area contributed by atoms with Crippen molar-refractivity contribution < 1.29 is 5.11 Å². The molecule has 3 N–H and O–H groups in total. The number of hydrogen-bond donors (Lipinski definition) is 2. The standard InChI is InChI=1S/C11H11N3O/c12-7-11-13-5-4-10(14-11)8-2-1-3-9(15)6-8/h1-6,15H,7,12H2. The smallest absolute Gasteiger partial charge is 0.142 e. The number of aromatic hydroxyl groups is 1. The molecule has 0 fully saturated rings. The van der Waals surface area contributed by atoms with Gasteiger partial charge in [0, 0.05) is 11.8 Å². The lowest BCUT2D eigenvalue weighted by atomic mass is 10.1. The first-order valence-corrected chi connectivity index (χ1v) is 4.61. The van der Waals surface area contributed by atoms with Crippen LogP contribution in [0.1, 0.15) is 5.82 Å². The molecule has 15 heavy (non-hydrogen) atoms. The van der Waals surface area contributed by atoms with E-state index < -0.39 is 0 Å². The van der Waals surface area contributed by atoms with E-state index in [9.17, 15) is 5.11 Å². The zero-order valence-electron chi connectivity index (χ0n) is 8.09. The molecule has 76 valence electrons. The van der Waals surface area contributed by atoms with Crippen LogP contribution in [0, 0.1) is 0 Å². The van der Waals surface area contributed by atoms with Crippen LogP contribution in [0.5, 0.6) is 5.75 Å². The number of nitrogens with two attached hydrogens (primary N) is 1. The number of rotatable bonds is 2. The SMILES string of the molecule is NCc1nccc(-c2cccc(O)c2)n1. The summed E-state index contributed by atoms with van der Waals surface area (Å²) in [6.45, 7) is 0.312. The number of phenols is 1. The molecule has 1 heterocycles. The van der Waals surface area contributed by atoms with Crippen LogP contribution in [0.4, 0.5) is 0 Å². The molecule has 0 spiro atoms. The minimum Gasteiger partial charge on any atom is -0.508 e. The average Bonchev–Trinajstić information content (AvgIpc) is 2.29. The molecule has 2 aromatic rings. The number of benzene rings is 1. The van der Waals surface area contributed by atoms with E-state index in [0.717, 1.165) is 11.3 Å². The molecule has 4 nitrogen and oxygen atoms in total. The van der Waals surface area contributed by atoms with Crippen molar-refractivity contribution in [2.24, 2.45) is 5.73 Å². The summed E-state index contributed by atoms with van der Waals surface area (Å²) in [4.78, 5) is 8.26. The molecular formula is C11H11N3O. The number of nitrogens with zero attached hydrogens (tertiary/aromatic N) is 2. The van der Waals surface area contributed by atoms with Gasteiger partial charge < -0.3 is 10.8 Å². The summed E-state index contributed by atoms with van der Waals surface area (Å²) < 4.78 is 0. The zero-order chi connectivity index (χ0) is 10.7. The van der Waals surface area contributed by atoms with Crippen molar-refractivity contribution in [3.05, 3.63) is 42.4 Å². The number of aromatic nitrogens is 2. The van der Waals surface area contributed by atoms with Gasteiger partial charge in [-0.2, -0.15) is 0 Å². The lowest BCUT2D eigenvalue weighted by molar-refractivity contribution is 0.475. The van der Waals surface area contributed by atoms with Gasteiger partial charge in [0.25, 0.3) is 0 Å². The number of phenolic OH excluding ortho intramolecular Hbond substituents is 1. The van der Waals surface area contributed by atoms with Gasteiger partial charge in [-0.3, -0.25) is 0 Å². The van der Waals surface area contributed by atoms with Crippen molar-refractivity contribution in [1.29, 1.82) is 0 Å². The average molecular weight is 201 g/mol. The zero-order valence-corrected chi connectivity index (χ0v) is 8.09. The van der Waals surface area contributed by atoms with E-state index in [0.29, 0.717) is 12.4 Å². The first-order chi connectivity index (χ1) is 7.29. The second kappa shape index (κ2) is 4.06. The van der Waals surface area contributed by atoms with E-state index in [4.69, 9.17) is 5.73 Å². The molecule has 1 aromatic heterocycles.